The van der Waals surface area contributed by atoms with Crippen LogP contribution in [0.15, 0.2) is 53.5 Å². The first kappa shape index (κ1) is 18.9. The fraction of sp³-hybridized carbons (Fsp3) is 0.250. The number of para-hydroxylation sites is 2. The molecule has 2 amide bonds. The molecule has 2 atom stereocenters. The fourth-order valence-electron chi connectivity index (χ4n) is 3.34. The Morgan fingerprint density at radius 2 is 2.00 bits per heavy atom. The summed E-state index contributed by atoms with van der Waals surface area (Å²) in [6.07, 6.45) is -0.675. The molecule has 8 nitrogen and oxygen atoms in total. The number of rotatable bonds is 4. The van der Waals surface area contributed by atoms with E-state index in [1.807, 2.05) is 24.3 Å². The van der Waals surface area contributed by atoms with Gasteiger partial charge in [-0.25, -0.2) is 14.8 Å². The molecule has 0 aliphatic carbocycles. The van der Waals surface area contributed by atoms with Gasteiger partial charge in [-0.05, 0) is 23.8 Å². The number of aliphatic imine (C=N–C) groups is 1. The topological polar surface area (TPSA) is 97.9 Å². The van der Waals surface area contributed by atoms with Crippen molar-refractivity contribution in [2.45, 2.75) is 18.6 Å². The van der Waals surface area contributed by atoms with E-state index < -0.39 is 18.1 Å². The van der Waals surface area contributed by atoms with Crippen LogP contribution in [-0.2, 0) is 16.0 Å². The highest BCUT2D eigenvalue weighted by atomic mass is 19.1. The number of hydrogen-bond acceptors (Lipinski definition) is 6. The zero-order chi connectivity index (χ0) is 20.4. The van der Waals surface area contributed by atoms with Crippen LogP contribution in [0.4, 0.5) is 15.8 Å². The number of amidine groups is 1. The Morgan fingerprint density at radius 3 is 2.83 bits per heavy atom. The smallest absolute Gasteiger partial charge is 0.262 e. The molecule has 0 saturated carbocycles. The van der Waals surface area contributed by atoms with E-state index in [1.54, 1.807) is 25.2 Å². The number of hydrogen-bond donors (Lipinski definition) is 4. The molecule has 0 saturated heterocycles. The third kappa shape index (κ3) is 3.90. The molecule has 0 spiro atoms. The second-order valence-corrected chi connectivity index (χ2v) is 6.87. The third-order valence-electron chi connectivity index (χ3n) is 4.91. The quantitative estimate of drug-likeness (QED) is 0.612. The van der Waals surface area contributed by atoms with Crippen molar-refractivity contribution in [1.29, 1.82) is 0 Å². The van der Waals surface area contributed by atoms with Crippen LogP contribution in [0.25, 0.3) is 0 Å². The zero-order valence-electron chi connectivity index (χ0n) is 15.8. The molecule has 2 unspecified atom stereocenters. The van der Waals surface area contributed by atoms with Crippen molar-refractivity contribution in [1.82, 2.24) is 16.2 Å². The summed E-state index contributed by atoms with van der Waals surface area (Å²) in [7, 11) is 1.67. The van der Waals surface area contributed by atoms with Gasteiger partial charge in [0, 0.05) is 20.0 Å². The van der Waals surface area contributed by atoms with Gasteiger partial charge in [-0.3, -0.25) is 9.59 Å². The van der Waals surface area contributed by atoms with Gasteiger partial charge in [-0.15, -0.1) is 0 Å². The minimum Gasteiger partial charge on any atom is -0.381 e. The number of nitrogens with one attached hydrogen (secondary N) is 4. The molecule has 0 aromatic heterocycles. The van der Waals surface area contributed by atoms with Crippen molar-refractivity contribution in [3.8, 4) is 0 Å². The number of amides is 2. The summed E-state index contributed by atoms with van der Waals surface area (Å²) >= 11 is 0. The minimum atomic E-state index is -0.902. The largest absolute Gasteiger partial charge is 0.381 e. The molecule has 4 N–H and O–H groups in total. The van der Waals surface area contributed by atoms with Crippen LogP contribution in [-0.4, -0.2) is 43.5 Å². The lowest BCUT2D eigenvalue weighted by Crippen LogP contribution is -2.54. The number of carbonyl (C=O) groups is 2. The molecule has 150 valence electrons. The van der Waals surface area contributed by atoms with Crippen molar-refractivity contribution < 1.29 is 14.0 Å². The van der Waals surface area contributed by atoms with E-state index in [0.717, 1.165) is 11.4 Å². The van der Waals surface area contributed by atoms with E-state index >= 15 is 0 Å². The van der Waals surface area contributed by atoms with Gasteiger partial charge in [-0.1, -0.05) is 30.3 Å². The van der Waals surface area contributed by atoms with Gasteiger partial charge in [0.2, 0.25) is 0 Å². The standard InChI is InChI=1S/C20H21FN6O2/c1-27-16-9-5-4-8-14(16)22-11-15(20(27)29)23-19(28)18-24-17(25-26-18)10-12-6-2-3-7-13(12)21/h2-9,15,18,22,26H,10-11H2,1H3,(H,23,28)(H,24,25). The van der Waals surface area contributed by atoms with Crippen molar-refractivity contribution in [2.75, 3.05) is 23.8 Å². The highest BCUT2D eigenvalue weighted by molar-refractivity contribution is 6.03. The van der Waals surface area contributed by atoms with Gasteiger partial charge in [0.05, 0.1) is 11.4 Å². The van der Waals surface area contributed by atoms with Crippen molar-refractivity contribution >= 4 is 29.0 Å². The number of carbonyl (C=O) groups excluding carboxylic acids is 2. The number of anilines is 2. The Morgan fingerprint density at radius 1 is 1.24 bits per heavy atom. The Hall–Kier alpha value is -3.46. The fourth-order valence-corrected chi connectivity index (χ4v) is 3.34. The lowest BCUT2D eigenvalue weighted by molar-refractivity contribution is -0.128. The van der Waals surface area contributed by atoms with E-state index in [1.165, 1.54) is 11.0 Å². The highest BCUT2D eigenvalue weighted by Crippen LogP contribution is 2.27. The molecule has 2 aliphatic rings. The summed E-state index contributed by atoms with van der Waals surface area (Å²) in [5.74, 6) is -0.550. The summed E-state index contributed by atoms with van der Waals surface area (Å²) in [6.45, 7) is 0.262. The van der Waals surface area contributed by atoms with E-state index in [0.29, 0.717) is 11.4 Å². The predicted molar refractivity (Wildman–Crippen MR) is 108 cm³/mol. The number of fused-ring (bicyclic) bond motifs is 1. The van der Waals surface area contributed by atoms with Crippen LogP contribution in [0.3, 0.4) is 0 Å². The molecule has 0 fully saturated rings. The van der Waals surface area contributed by atoms with Gasteiger partial charge < -0.3 is 21.0 Å². The first-order valence-corrected chi connectivity index (χ1v) is 9.25. The van der Waals surface area contributed by atoms with Crippen molar-refractivity contribution in [3.63, 3.8) is 0 Å². The molecular weight excluding hydrogens is 375 g/mol. The zero-order valence-corrected chi connectivity index (χ0v) is 15.8. The van der Waals surface area contributed by atoms with Gasteiger partial charge >= 0.3 is 0 Å². The van der Waals surface area contributed by atoms with E-state index in [-0.39, 0.29) is 24.7 Å². The summed E-state index contributed by atoms with van der Waals surface area (Å²) in [5.41, 5.74) is 7.62. The monoisotopic (exact) mass is 396 g/mol. The second kappa shape index (κ2) is 7.88. The summed E-state index contributed by atoms with van der Waals surface area (Å²) in [6, 6.07) is 13.1. The van der Waals surface area contributed by atoms with Crippen molar-refractivity contribution in [2.24, 2.45) is 4.99 Å². The Balaban J connectivity index is 1.41. The van der Waals surface area contributed by atoms with Crippen LogP contribution >= 0.6 is 0 Å². The Labute approximate surface area is 167 Å². The van der Waals surface area contributed by atoms with Crippen LogP contribution in [0.1, 0.15) is 5.56 Å². The average molecular weight is 396 g/mol. The maximum Gasteiger partial charge on any atom is 0.262 e. The first-order valence-electron chi connectivity index (χ1n) is 9.25. The Bertz CT molecular complexity index is 979. The molecule has 2 aromatic rings. The normalized spacial score (nSPS) is 20.8. The van der Waals surface area contributed by atoms with Crippen LogP contribution in [0.2, 0.25) is 0 Å². The van der Waals surface area contributed by atoms with Gasteiger partial charge in [0.15, 0.2) is 6.17 Å². The molecule has 9 heteroatoms. The van der Waals surface area contributed by atoms with Crippen molar-refractivity contribution in [3.05, 3.63) is 59.9 Å². The van der Waals surface area contributed by atoms with Gasteiger partial charge in [0.1, 0.15) is 17.7 Å². The SMILES string of the molecule is CN1C(=O)C(NC(=O)C2N=C(Cc3ccccc3F)NN2)CNc2ccccc21. The predicted octanol–water partition coefficient (Wildman–Crippen LogP) is 0.774. The lowest BCUT2D eigenvalue weighted by atomic mass is 10.1. The number of nitrogens with zero attached hydrogens (tertiary/aromatic N) is 2. The highest BCUT2D eigenvalue weighted by Gasteiger charge is 2.32. The molecular formula is C20H21FN6O2. The maximum atomic E-state index is 13.8. The van der Waals surface area contributed by atoms with E-state index in [9.17, 15) is 14.0 Å². The van der Waals surface area contributed by atoms with Gasteiger partial charge in [-0.2, -0.15) is 0 Å². The van der Waals surface area contributed by atoms with E-state index in [2.05, 4.69) is 26.5 Å². The molecule has 2 heterocycles. The van der Waals surface area contributed by atoms with Crippen LogP contribution in [0, 0.1) is 5.82 Å². The second-order valence-electron chi connectivity index (χ2n) is 6.87. The molecule has 2 aliphatic heterocycles. The number of hydrazine groups is 1. The van der Waals surface area contributed by atoms with E-state index in [4.69, 9.17) is 0 Å². The summed E-state index contributed by atoms with van der Waals surface area (Å²) in [4.78, 5) is 31.2. The molecule has 4 rings (SSSR count). The average Bonchev–Trinajstić information content (AvgIpc) is 3.16. The Kier molecular flexibility index (Phi) is 5.13. The molecule has 0 bridgehead atoms. The van der Waals surface area contributed by atoms with Crippen LogP contribution in [0.5, 0.6) is 0 Å². The molecule has 2 aromatic carbocycles. The maximum absolute atomic E-state index is 13.8. The lowest BCUT2D eigenvalue weighted by Gasteiger charge is -2.21. The van der Waals surface area contributed by atoms with Crippen LogP contribution < -0.4 is 26.4 Å². The summed E-state index contributed by atoms with van der Waals surface area (Å²) < 4.78 is 13.8. The number of benzene rings is 2. The minimum absolute atomic E-state index is 0.225. The van der Waals surface area contributed by atoms with Gasteiger partial charge in [0.25, 0.3) is 11.8 Å². The third-order valence-corrected chi connectivity index (χ3v) is 4.91. The number of likely N-dealkylation sites (N-methyl/N-ethyl adjacent to an activating group) is 1. The molecule has 29 heavy (non-hydrogen) atoms. The summed E-state index contributed by atoms with van der Waals surface area (Å²) in [5, 5.41) is 5.92. The molecule has 0 radical (unpaired) electrons. The number of halogens is 1. The first-order chi connectivity index (χ1) is 14.0.